The van der Waals surface area contributed by atoms with Gasteiger partial charge in [-0.2, -0.15) is 0 Å². The van der Waals surface area contributed by atoms with Crippen molar-refractivity contribution < 1.29 is 0 Å². The van der Waals surface area contributed by atoms with E-state index >= 15 is 0 Å². The Labute approximate surface area is 369 Å². The van der Waals surface area contributed by atoms with E-state index in [9.17, 15) is 0 Å². The summed E-state index contributed by atoms with van der Waals surface area (Å²) < 4.78 is 0. The molecule has 1 aliphatic heterocycles. The maximum atomic E-state index is 2.39. The summed E-state index contributed by atoms with van der Waals surface area (Å²) in [6.07, 6.45) is 0. The topological polar surface area (TPSA) is 9.72 Å². The zero-order valence-corrected chi connectivity index (χ0v) is 34.7. The number of nitrogens with zero attached hydrogens (tertiary/aromatic N) is 3. The van der Waals surface area contributed by atoms with Gasteiger partial charge < -0.3 is 14.7 Å². The third-order valence-corrected chi connectivity index (χ3v) is 12.0. The van der Waals surface area contributed by atoms with E-state index in [-0.39, 0.29) is 0 Å². The molecule has 1 heterocycles. The van der Waals surface area contributed by atoms with Crippen molar-refractivity contribution in [1.82, 2.24) is 0 Å². The average Bonchev–Trinajstić information content (AvgIpc) is 3.37. The molecular formula is C60H43N3. The van der Waals surface area contributed by atoms with Gasteiger partial charge in [0.05, 0.1) is 22.7 Å². The summed E-state index contributed by atoms with van der Waals surface area (Å²) in [4.78, 5) is 7.10. The monoisotopic (exact) mass is 805 g/mol. The molecule has 3 nitrogen and oxygen atoms in total. The van der Waals surface area contributed by atoms with Gasteiger partial charge in [0, 0.05) is 28.4 Å². The molecular weight excluding hydrogens is 763 g/mol. The van der Waals surface area contributed by atoms with Crippen molar-refractivity contribution in [3.63, 3.8) is 0 Å². The quantitative estimate of drug-likeness (QED) is 0.144. The summed E-state index contributed by atoms with van der Waals surface area (Å²) in [7, 11) is 0. The number of anilines is 9. The molecule has 0 bridgehead atoms. The molecule has 3 heteroatoms. The van der Waals surface area contributed by atoms with Crippen LogP contribution in [0.25, 0.3) is 44.5 Å². The van der Waals surface area contributed by atoms with Crippen LogP contribution < -0.4 is 14.7 Å². The largest absolute Gasteiger partial charge is 0.311 e. The summed E-state index contributed by atoms with van der Waals surface area (Å²) in [5.74, 6) is 0. The van der Waals surface area contributed by atoms with Crippen molar-refractivity contribution in [3.8, 4) is 44.5 Å². The lowest BCUT2D eigenvalue weighted by Gasteiger charge is -2.40. The van der Waals surface area contributed by atoms with Gasteiger partial charge in [0.25, 0.3) is 0 Å². The molecule has 0 saturated heterocycles. The lowest BCUT2D eigenvalue weighted by Crippen LogP contribution is -2.23. The summed E-state index contributed by atoms with van der Waals surface area (Å²) >= 11 is 0. The van der Waals surface area contributed by atoms with Crippen molar-refractivity contribution in [2.75, 3.05) is 14.7 Å². The van der Waals surface area contributed by atoms with Crippen molar-refractivity contribution in [1.29, 1.82) is 0 Å². The first-order valence-corrected chi connectivity index (χ1v) is 21.5. The van der Waals surface area contributed by atoms with Crippen LogP contribution in [0.4, 0.5) is 51.2 Å². The van der Waals surface area contributed by atoms with E-state index in [0.717, 1.165) is 62.3 Å². The molecule has 11 rings (SSSR count). The van der Waals surface area contributed by atoms with Crippen molar-refractivity contribution >= 4 is 51.2 Å². The standard InChI is InChI=1S/C60H43N3/c1-4-16-44(17-5-1)46-30-36-53(37-31-46)61(54-38-32-47(33-39-54)50-21-14-20-49(42-50)45-18-6-2-7-19-45)55-40-34-48(35-41-55)51-22-15-25-56(43-51)63-59-28-12-10-26-57(59)62(52-23-8-3-9-24-52)58-27-11-13-29-60(58)63/h1-43H. The van der Waals surface area contributed by atoms with Gasteiger partial charge in [-0.05, 0) is 136 Å². The number of hydrogen-bond donors (Lipinski definition) is 0. The van der Waals surface area contributed by atoms with Gasteiger partial charge >= 0.3 is 0 Å². The normalized spacial score (nSPS) is 11.7. The summed E-state index contributed by atoms with van der Waals surface area (Å²) in [5, 5.41) is 0. The van der Waals surface area contributed by atoms with Crippen LogP contribution in [0.1, 0.15) is 0 Å². The third-order valence-electron chi connectivity index (χ3n) is 12.0. The Morgan fingerprint density at radius 3 is 0.937 bits per heavy atom. The molecule has 298 valence electrons. The molecule has 0 fully saturated rings. The van der Waals surface area contributed by atoms with Gasteiger partial charge in [0.2, 0.25) is 0 Å². The number of hydrogen-bond acceptors (Lipinski definition) is 3. The average molecular weight is 806 g/mol. The molecule has 0 amide bonds. The fourth-order valence-electron chi connectivity index (χ4n) is 8.90. The summed E-state index contributed by atoms with van der Waals surface area (Å²) in [5.41, 5.74) is 19.6. The molecule has 10 aromatic carbocycles. The smallest absolute Gasteiger partial charge is 0.0703 e. The lowest BCUT2D eigenvalue weighted by molar-refractivity contribution is 1.17. The second-order valence-corrected chi connectivity index (χ2v) is 15.8. The summed E-state index contributed by atoms with van der Waals surface area (Å²) in [6, 6.07) is 93.7. The summed E-state index contributed by atoms with van der Waals surface area (Å²) in [6.45, 7) is 0. The maximum absolute atomic E-state index is 2.39. The number of benzene rings is 10. The van der Waals surface area contributed by atoms with Crippen LogP contribution in [0.3, 0.4) is 0 Å². The molecule has 10 aromatic rings. The minimum atomic E-state index is 1.08. The third kappa shape index (κ3) is 7.32. The predicted octanol–water partition coefficient (Wildman–Crippen LogP) is 17.1. The van der Waals surface area contributed by atoms with Gasteiger partial charge in [0.15, 0.2) is 0 Å². The van der Waals surface area contributed by atoms with E-state index in [4.69, 9.17) is 0 Å². The molecule has 0 atom stereocenters. The molecule has 0 spiro atoms. The van der Waals surface area contributed by atoms with E-state index < -0.39 is 0 Å². The van der Waals surface area contributed by atoms with Gasteiger partial charge in [-0.1, -0.05) is 170 Å². The predicted molar refractivity (Wildman–Crippen MR) is 266 cm³/mol. The fraction of sp³-hybridized carbons (Fsp3) is 0. The maximum Gasteiger partial charge on any atom is 0.0703 e. The van der Waals surface area contributed by atoms with Crippen molar-refractivity contribution in [3.05, 3.63) is 261 Å². The van der Waals surface area contributed by atoms with Crippen LogP contribution >= 0.6 is 0 Å². The van der Waals surface area contributed by atoms with Crippen molar-refractivity contribution in [2.45, 2.75) is 0 Å². The second-order valence-electron chi connectivity index (χ2n) is 15.8. The first-order chi connectivity index (χ1) is 31.2. The molecule has 0 saturated carbocycles. The fourth-order valence-corrected chi connectivity index (χ4v) is 8.90. The Morgan fingerprint density at radius 2 is 0.492 bits per heavy atom. The van der Waals surface area contributed by atoms with Crippen LogP contribution in [-0.2, 0) is 0 Å². The van der Waals surface area contributed by atoms with E-state index in [1.807, 2.05) is 0 Å². The highest BCUT2D eigenvalue weighted by atomic mass is 15.3. The number of para-hydroxylation sites is 5. The van der Waals surface area contributed by atoms with Gasteiger partial charge in [-0.25, -0.2) is 0 Å². The second kappa shape index (κ2) is 16.6. The highest BCUT2D eigenvalue weighted by Crippen LogP contribution is 2.54. The highest BCUT2D eigenvalue weighted by Gasteiger charge is 2.30. The highest BCUT2D eigenvalue weighted by molar-refractivity contribution is 6.01. The van der Waals surface area contributed by atoms with Crippen LogP contribution in [0.2, 0.25) is 0 Å². The van der Waals surface area contributed by atoms with Crippen LogP contribution in [0.5, 0.6) is 0 Å². The Hall–Kier alpha value is -8.40. The number of rotatable bonds is 9. The van der Waals surface area contributed by atoms with Crippen molar-refractivity contribution in [2.24, 2.45) is 0 Å². The van der Waals surface area contributed by atoms with E-state index in [2.05, 4.69) is 276 Å². The molecule has 63 heavy (non-hydrogen) atoms. The molecule has 0 unspecified atom stereocenters. The Kier molecular flexibility index (Phi) is 9.89. The first kappa shape index (κ1) is 37.6. The van der Waals surface area contributed by atoms with E-state index in [0.29, 0.717) is 0 Å². The number of fused-ring (bicyclic) bond motifs is 2. The minimum absolute atomic E-state index is 1.08. The van der Waals surface area contributed by atoms with Crippen LogP contribution in [0.15, 0.2) is 261 Å². The van der Waals surface area contributed by atoms with Gasteiger partial charge in [0.1, 0.15) is 0 Å². The van der Waals surface area contributed by atoms with Gasteiger partial charge in [-0.15, -0.1) is 0 Å². The molecule has 0 aromatic heterocycles. The molecule has 1 aliphatic rings. The Balaban J connectivity index is 0.940. The van der Waals surface area contributed by atoms with E-state index in [1.165, 1.54) is 33.4 Å². The Morgan fingerprint density at radius 1 is 0.206 bits per heavy atom. The van der Waals surface area contributed by atoms with Crippen LogP contribution in [0, 0.1) is 0 Å². The SMILES string of the molecule is c1ccc(-c2ccc(N(c3ccc(-c4cccc(-c5ccccc5)c4)cc3)c3ccc(-c4cccc(N5c6ccccc6N(c6ccccc6)c6ccccc65)c4)cc3)cc2)cc1. The lowest BCUT2D eigenvalue weighted by atomic mass is 9.98. The molecule has 0 aliphatic carbocycles. The van der Waals surface area contributed by atoms with Gasteiger partial charge in [-0.3, -0.25) is 0 Å². The Bertz CT molecular complexity index is 3100. The van der Waals surface area contributed by atoms with Crippen LogP contribution in [-0.4, -0.2) is 0 Å². The van der Waals surface area contributed by atoms with E-state index in [1.54, 1.807) is 0 Å². The minimum Gasteiger partial charge on any atom is -0.311 e. The zero-order chi connectivity index (χ0) is 42.0. The molecule has 0 N–H and O–H groups in total. The first-order valence-electron chi connectivity index (χ1n) is 21.5. The zero-order valence-electron chi connectivity index (χ0n) is 34.7. The molecule has 0 radical (unpaired) electrons.